The van der Waals surface area contributed by atoms with Gasteiger partial charge in [0.05, 0.1) is 5.41 Å². The maximum atomic E-state index is 13.0. The lowest BCUT2D eigenvalue weighted by Crippen LogP contribution is -2.44. The van der Waals surface area contributed by atoms with E-state index in [1.165, 1.54) is 13.3 Å². The summed E-state index contributed by atoms with van der Waals surface area (Å²) >= 11 is 0. The molecule has 24 heavy (non-hydrogen) atoms. The number of amides is 2. The SMILES string of the molecule is CC(=O)N(C)c1cccc(NC(=O)[C@@]23CCCC[C@H]2CNC3)c1.Cl. The molecular formula is C18H26ClN3O2. The molecule has 2 aliphatic rings. The molecule has 2 fully saturated rings. The Morgan fingerprint density at radius 2 is 2.12 bits per heavy atom. The molecule has 5 nitrogen and oxygen atoms in total. The zero-order valence-corrected chi connectivity index (χ0v) is 15.1. The monoisotopic (exact) mass is 351 g/mol. The molecule has 0 unspecified atom stereocenters. The molecule has 1 aromatic rings. The minimum atomic E-state index is -0.263. The summed E-state index contributed by atoms with van der Waals surface area (Å²) in [7, 11) is 1.74. The molecule has 1 aliphatic carbocycles. The van der Waals surface area contributed by atoms with Gasteiger partial charge in [-0.25, -0.2) is 0 Å². The number of nitrogens with zero attached hydrogens (tertiary/aromatic N) is 1. The van der Waals surface area contributed by atoms with Gasteiger partial charge in [-0.1, -0.05) is 18.9 Å². The van der Waals surface area contributed by atoms with Crippen LogP contribution in [0.3, 0.4) is 0 Å². The smallest absolute Gasteiger partial charge is 0.232 e. The minimum absolute atomic E-state index is 0. The Bertz CT molecular complexity index is 622. The van der Waals surface area contributed by atoms with Gasteiger partial charge in [0.15, 0.2) is 0 Å². The molecule has 2 N–H and O–H groups in total. The maximum Gasteiger partial charge on any atom is 0.232 e. The first-order valence-corrected chi connectivity index (χ1v) is 8.39. The second kappa shape index (κ2) is 7.53. The van der Waals surface area contributed by atoms with E-state index >= 15 is 0 Å². The number of carbonyl (C=O) groups is 2. The van der Waals surface area contributed by atoms with Gasteiger partial charge in [-0.15, -0.1) is 12.4 Å². The Hall–Kier alpha value is -1.59. The first-order chi connectivity index (χ1) is 11.0. The van der Waals surface area contributed by atoms with E-state index in [1.807, 2.05) is 24.3 Å². The van der Waals surface area contributed by atoms with Crippen LogP contribution in [0.15, 0.2) is 24.3 Å². The maximum absolute atomic E-state index is 13.0. The molecule has 3 rings (SSSR count). The molecule has 6 heteroatoms. The summed E-state index contributed by atoms with van der Waals surface area (Å²) in [6.07, 6.45) is 4.44. The highest BCUT2D eigenvalue weighted by atomic mass is 35.5. The number of benzene rings is 1. The lowest BCUT2D eigenvalue weighted by Gasteiger charge is -2.37. The third kappa shape index (κ3) is 3.42. The number of halogens is 1. The number of nitrogens with one attached hydrogen (secondary N) is 2. The van der Waals surface area contributed by atoms with Crippen molar-refractivity contribution in [2.45, 2.75) is 32.6 Å². The van der Waals surface area contributed by atoms with Gasteiger partial charge in [-0.05, 0) is 43.5 Å². The molecule has 2 atom stereocenters. The van der Waals surface area contributed by atoms with Crippen molar-refractivity contribution in [2.24, 2.45) is 11.3 Å². The Morgan fingerprint density at radius 1 is 1.33 bits per heavy atom. The first kappa shape index (κ1) is 18.7. The Kier molecular flexibility index (Phi) is 5.88. The van der Waals surface area contributed by atoms with Crippen molar-refractivity contribution in [3.8, 4) is 0 Å². The zero-order valence-electron chi connectivity index (χ0n) is 14.3. The predicted octanol–water partition coefficient (Wildman–Crippen LogP) is 2.81. The van der Waals surface area contributed by atoms with Crippen LogP contribution in [-0.4, -0.2) is 32.0 Å². The number of fused-ring (bicyclic) bond motifs is 1. The molecule has 0 bridgehead atoms. The number of anilines is 2. The molecule has 0 spiro atoms. The topological polar surface area (TPSA) is 61.4 Å². The molecule has 132 valence electrons. The van der Waals surface area contributed by atoms with Crippen LogP contribution in [0.1, 0.15) is 32.6 Å². The summed E-state index contributed by atoms with van der Waals surface area (Å²) in [4.78, 5) is 26.0. The standard InChI is InChI=1S/C18H25N3O2.ClH/c1-13(22)21(2)16-8-5-7-15(10-16)20-17(23)18-9-4-3-6-14(18)11-19-12-18;/h5,7-8,10,14,19H,3-4,6,9,11-12H2,1-2H3,(H,20,23);1H/t14-,18+;/m0./s1. The summed E-state index contributed by atoms with van der Waals surface area (Å²) < 4.78 is 0. The van der Waals surface area contributed by atoms with Gasteiger partial charge < -0.3 is 15.5 Å². The summed E-state index contributed by atoms with van der Waals surface area (Å²) in [5.74, 6) is 0.536. The van der Waals surface area contributed by atoms with Crippen LogP contribution in [0, 0.1) is 11.3 Å². The van der Waals surface area contributed by atoms with Crippen LogP contribution >= 0.6 is 12.4 Å². The van der Waals surface area contributed by atoms with Crippen LogP contribution in [0.25, 0.3) is 0 Å². The molecule has 1 saturated carbocycles. The van der Waals surface area contributed by atoms with Gasteiger partial charge in [0, 0.05) is 31.9 Å². The van der Waals surface area contributed by atoms with Crippen LogP contribution in [0.2, 0.25) is 0 Å². The highest BCUT2D eigenvalue weighted by Gasteiger charge is 2.49. The van der Waals surface area contributed by atoms with E-state index in [2.05, 4.69) is 10.6 Å². The van der Waals surface area contributed by atoms with Crippen molar-refractivity contribution >= 4 is 35.6 Å². The van der Waals surface area contributed by atoms with E-state index in [1.54, 1.807) is 11.9 Å². The third-order valence-electron chi connectivity index (χ3n) is 5.45. The molecule has 1 heterocycles. The summed E-state index contributed by atoms with van der Waals surface area (Å²) in [5.41, 5.74) is 1.28. The van der Waals surface area contributed by atoms with E-state index in [4.69, 9.17) is 0 Å². The van der Waals surface area contributed by atoms with Gasteiger partial charge in [-0.2, -0.15) is 0 Å². The molecule has 1 saturated heterocycles. The Morgan fingerprint density at radius 3 is 2.88 bits per heavy atom. The van der Waals surface area contributed by atoms with E-state index in [-0.39, 0.29) is 29.6 Å². The molecular weight excluding hydrogens is 326 g/mol. The zero-order chi connectivity index (χ0) is 16.4. The number of rotatable bonds is 3. The normalized spacial score (nSPS) is 25.3. The quantitative estimate of drug-likeness (QED) is 0.880. The van der Waals surface area contributed by atoms with E-state index in [9.17, 15) is 9.59 Å². The number of hydrogen-bond donors (Lipinski definition) is 2. The van der Waals surface area contributed by atoms with E-state index < -0.39 is 0 Å². The molecule has 1 aromatic carbocycles. The number of carbonyl (C=O) groups excluding carboxylic acids is 2. The number of hydrogen-bond acceptors (Lipinski definition) is 3. The molecule has 0 radical (unpaired) electrons. The largest absolute Gasteiger partial charge is 0.325 e. The van der Waals surface area contributed by atoms with Crippen molar-refractivity contribution in [1.82, 2.24) is 5.32 Å². The fourth-order valence-corrected chi connectivity index (χ4v) is 3.92. The summed E-state index contributed by atoms with van der Waals surface area (Å²) in [5, 5.41) is 6.49. The van der Waals surface area contributed by atoms with Crippen molar-refractivity contribution in [3.05, 3.63) is 24.3 Å². The predicted molar refractivity (Wildman–Crippen MR) is 98.7 cm³/mol. The highest BCUT2D eigenvalue weighted by molar-refractivity contribution is 5.97. The van der Waals surface area contributed by atoms with Crippen molar-refractivity contribution in [3.63, 3.8) is 0 Å². The summed E-state index contributed by atoms with van der Waals surface area (Å²) in [6, 6.07) is 7.48. The van der Waals surface area contributed by atoms with Crippen LogP contribution in [0.4, 0.5) is 11.4 Å². The lowest BCUT2D eigenvalue weighted by atomic mass is 9.67. The van der Waals surface area contributed by atoms with Gasteiger partial charge in [0.1, 0.15) is 0 Å². The summed E-state index contributed by atoms with van der Waals surface area (Å²) in [6.45, 7) is 3.25. The van der Waals surface area contributed by atoms with Gasteiger partial charge in [-0.3, -0.25) is 9.59 Å². The average molecular weight is 352 g/mol. The van der Waals surface area contributed by atoms with E-state index in [0.717, 1.165) is 43.7 Å². The molecule has 1 aliphatic heterocycles. The fourth-order valence-electron chi connectivity index (χ4n) is 3.92. The van der Waals surface area contributed by atoms with Gasteiger partial charge >= 0.3 is 0 Å². The van der Waals surface area contributed by atoms with Crippen LogP contribution in [-0.2, 0) is 9.59 Å². The van der Waals surface area contributed by atoms with Gasteiger partial charge in [0.2, 0.25) is 11.8 Å². The van der Waals surface area contributed by atoms with Gasteiger partial charge in [0.25, 0.3) is 0 Å². The highest BCUT2D eigenvalue weighted by Crippen LogP contribution is 2.44. The van der Waals surface area contributed by atoms with Crippen LogP contribution < -0.4 is 15.5 Å². The van der Waals surface area contributed by atoms with Crippen molar-refractivity contribution < 1.29 is 9.59 Å². The van der Waals surface area contributed by atoms with Crippen molar-refractivity contribution in [1.29, 1.82) is 0 Å². The van der Waals surface area contributed by atoms with E-state index in [0.29, 0.717) is 5.92 Å². The molecule has 0 aromatic heterocycles. The first-order valence-electron chi connectivity index (χ1n) is 8.39. The Balaban J connectivity index is 0.00000208. The second-order valence-corrected chi connectivity index (χ2v) is 6.81. The lowest BCUT2D eigenvalue weighted by molar-refractivity contribution is -0.128. The van der Waals surface area contributed by atoms with Crippen LogP contribution in [0.5, 0.6) is 0 Å². The fraction of sp³-hybridized carbons (Fsp3) is 0.556. The third-order valence-corrected chi connectivity index (χ3v) is 5.45. The molecule has 2 amide bonds. The second-order valence-electron chi connectivity index (χ2n) is 6.81. The minimum Gasteiger partial charge on any atom is -0.325 e. The Labute approximate surface area is 149 Å². The average Bonchev–Trinajstić information content (AvgIpc) is 2.99. The van der Waals surface area contributed by atoms with Crippen molar-refractivity contribution in [2.75, 3.05) is 30.4 Å².